The Hall–Kier alpha value is -0.220. The number of aliphatic hydroxyl groups is 1. The first-order chi connectivity index (χ1) is 7.65. The molecule has 1 amide bonds. The smallest absolute Gasteiger partial charge is 0.232 e. The normalized spacial score (nSPS) is 25.4. The highest BCUT2D eigenvalue weighted by Gasteiger charge is 2.24. The van der Waals surface area contributed by atoms with Gasteiger partial charge in [0.2, 0.25) is 5.91 Å². The van der Waals surface area contributed by atoms with Crippen LogP contribution in [0.5, 0.6) is 0 Å². The van der Waals surface area contributed by atoms with Gasteiger partial charge in [-0.15, -0.1) is 11.8 Å². The summed E-state index contributed by atoms with van der Waals surface area (Å²) in [5, 5.41) is 8.65. The quantitative estimate of drug-likeness (QED) is 0.750. The van der Waals surface area contributed by atoms with Crippen molar-refractivity contribution in [1.82, 2.24) is 4.90 Å². The standard InChI is InChI=1S/C12H23NO2S/c1-10-3-5-11(6-4-10)13(2)12(15)9-16-8-7-14/h10-11,14H,3-9H2,1-2H3. The third-order valence-corrected chi connectivity index (χ3v) is 4.31. The lowest BCUT2D eigenvalue weighted by molar-refractivity contribution is -0.129. The fourth-order valence-corrected chi connectivity index (χ4v) is 2.81. The van der Waals surface area contributed by atoms with Gasteiger partial charge in [0.15, 0.2) is 0 Å². The fraction of sp³-hybridized carbons (Fsp3) is 0.917. The molecule has 0 aliphatic heterocycles. The summed E-state index contributed by atoms with van der Waals surface area (Å²) in [4.78, 5) is 13.7. The summed E-state index contributed by atoms with van der Waals surface area (Å²) in [6.07, 6.45) is 4.78. The van der Waals surface area contributed by atoms with Gasteiger partial charge >= 0.3 is 0 Å². The molecule has 94 valence electrons. The summed E-state index contributed by atoms with van der Waals surface area (Å²) in [5.74, 6) is 2.19. The van der Waals surface area contributed by atoms with Crippen LogP contribution < -0.4 is 0 Å². The molecular formula is C12H23NO2S. The van der Waals surface area contributed by atoms with Crippen molar-refractivity contribution in [2.45, 2.75) is 38.6 Å². The first-order valence-electron chi connectivity index (χ1n) is 6.09. The van der Waals surface area contributed by atoms with E-state index in [-0.39, 0.29) is 12.5 Å². The number of hydrogen-bond acceptors (Lipinski definition) is 3. The van der Waals surface area contributed by atoms with Crippen molar-refractivity contribution in [3.63, 3.8) is 0 Å². The first kappa shape index (κ1) is 13.8. The van der Waals surface area contributed by atoms with Gasteiger partial charge in [0.1, 0.15) is 0 Å². The molecule has 16 heavy (non-hydrogen) atoms. The summed E-state index contributed by atoms with van der Waals surface area (Å²) < 4.78 is 0. The van der Waals surface area contributed by atoms with Gasteiger partial charge in [-0.2, -0.15) is 0 Å². The van der Waals surface area contributed by atoms with Crippen molar-refractivity contribution in [2.75, 3.05) is 25.2 Å². The summed E-state index contributed by atoms with van der Waals surface area (Å²) in [5.41, 5.74) is 0. The summed E-state index contributed by atoms with van der Waals surface area (Å²) in [7, 11) is 1.92. The zero-order valence-electron chi connectivity index (χ0n) is 10.3. The molecule has 0 aromatic heterocycles. The number of hydrogen-bond donors (Lipinski definition) is 1. The van der Waals surface area contributed by atoms with Gasteiger partial charge in [-0.3, -0.25) is 4.79 Å². The van der Waals surface area contributed by atoms with Crippen LogP contribution in [0.1, 0.15) is 32.6 Å². The van der Waals surface area contributed by atoms with Crippen molar-refractivity contribution in [3.8, 4) is 0 Å². The Morgan fingerprint density at radius 3 is 2.56 bits per heavy atom. The zero-order valence-corrected chi connectivity index (χ0v) is 11.1. The molecule has 0 radical (unpaired) electrons. The lowest BCUT2D eigenvalue weighted by Gasteiger charge is -2.33. The molecule has 1 aliphatic carbocycles. The third kappa shape index (κ3) is 4.34. The molecule has 1 rings (SSSR count). The van der Waals surface area contributed by atoms with Crippen molar-refractivity contribution in [1.29, 1.82) is 0 Å². The Bertz CT molecular complexity index is 215. The van der Waals surface area contributed by atoms with E-state index in [2.05, 4.69) is 6.92 Å². The van der Waals surface area contributed by atoms with Crippen LogP contribution in [0.3, 0.4) is 0 Å². The molecule has 0 bridgehead atoms. The van der Waals surface area contributed by atoms with E-state index in [4.69, 9.17) is 5.11 Å². The summed E-state index contributed by atoms with van der Waals surface area (Å²) in [6, 6.07) is 0.443. The van der Waals surface area contributed by atoms with Crippen LogP contribution in [0.15, 0.2) is 0 Å². The highest BCUT2D eigenvalue weighted by molar-refractivity contribution is 7.99. The molecule has 1 fully saturated rings. The van der Waals surface area contributed by atoms with E-state index in [9.17, 15) is 4.79 Å². The van der Waals surface area contributed by atoms with E-state index in [0.29, 0.717) is 17.5 Å². The Labute approximate surface area is 103 Å². The summed E-state index contributed by atoms with van der Waals surface area (Å²) in [6.45, 7) is 2.44. The molecule has 3 nitrogen and oxygen atoms in total. The van der Waals surface area contributed by atoms with Crippen molar-refractivity contribution >= 4 is 17.7 Å². The van der Waals surface area contributed by atoms with E-state index in [1.807, 2.05) is 11.9 Å². The predicted octanol–water partition coefficient (Wildman–Crippen LogP) is 1.75. The number of nitrogens with zero attached hydrogens (tertiary/aromatic N) is 1. The van der Waals surface area contributed by atoms with Gasteiger partial charge in [0.25, 0.3) is 0 Å². The second kappa shape index (κ2) is 7.17. The molecule has 4 heteroatoms. The Morgan fingerprint density at radius 1 is 1.38 bits per heavy atom. The van der Waals surface area contributed by atoms with Gasteiger partial charge in [-0.1, -0.05) is 6.92 Å². The van der Waals surface area contributed by atoms with Gasteiger partial charge in [-0.25, -0.2) is 0 Å². The molecule has 1 N–H and O–H groups in total. The monoisotopic (exact) mass is 245 g/mol. The lowest BCUT2D eigenvalue weighted by atomic mass is 9.87. The van der Waals surface area contributed by atoms with Gasteiger partial charge in [-0.05, 0) is 31.6 Å². The third-order valence-electron chi connectivity index (χ3n) is 3.39. The van der Waals surface area contributed by atoms with Crippen LogP contribution in [0, 0.1) is 5.92 Å². The van der Waals surface area contributed by atoms with Crippen LogP contribution in [0.4, 0.5) is 0 Å². The van der Waals surface area contributed by atoms with Crippen LogP contribution in [-0.2, 0) is 4.79 Å². The van der Waals surface area contributed by atoms with Crippen LogP contribution in [-0.4, -0.2) is 47.1 Å². The molecule has 0 aromatic rings. The van der Waals surface area contributed by atoms with E-state index in [1.165, 1.54) is 24.6 Å². The van der Waals surface area contributed by atoms with Crippen LogP contribution >= 0.6 is 11.8 Å². The van der Waals surface area contributed by atoms with E-state index in [1.54, 1.807) is 0 Å². The summed E-state index contributed by atoms with van der Waals surface area (Å²) >= 11 is 1.51. The number of carbonyl (C=O) groups excluding carboxylic acids is 1. The minimum atomic E-state index is 0.155. The molecule has 0 heterocycles. The predicted molar refractivity (Wildman–Crippen MR) is 68.6 cm³/mol. The SMILES string of the molecule is CC1CCC(N(C)C(=O)CSCCO)CC1. The van der Waals surface area contributed by atoms with Crippen LogP contribution in [0.2, 0.25) is 0 Å². The molecule has 1 aliphatic rings. The van der Waals surface area contributed by atoms with Crippen molar-refractivity contribution in [2.24, 2.45) is 5.92 Å². The van der Waals surface area contributed by atoms with E-state index < -0.39 is 0 Å². The number of carbonyl (C=O) groups is 1. The average Bonchev–Trinajstić information content (AvgIpc) is 2.29. The molecule has 1 saturated carbocycles. The lowest BCUT2D eigenvalue weighted by Crippen LogP contribution is -2.40. The second-order valence-electron chi connectivity index (χ2n) is 4.69. The van der Waals surface area contributed by atoms with Gasteiger partial charge < -0.3 is 10.0 Å². The Balaban J connectivity index is 2.27. The maximum absolute atomic E-state index is 11.8. The van der Waals surface area contributed by atoms with Crippen molar-refractivity contribution in [3.05, 3.63) is 0 Å². The highest BCUT2D eigenvalue weighted by atomic mass is 32.2. The molecule has 0 aromatic carbocycles. The maximum atomic E-state index is 11.8. The molecule has 0 saturated heterocycles. The molecular weight excluding hydrogens is 222 g/mol. The average molecular weight is 245 g/mol. The minimum absolute atomic E-state index is 0.155. The number of aliphatic hydroxyl groups excluding tert-OH is 1. The second-order valence-corrected chi connectivity index (χ2v) is 5.80. The number of amides is 1. The van der Waals surface area contributed by atoms with E-state index in [0.717, 1.165) is 18.8 Å². The van der Waals surface area contributed by atoms with Crippen LogP contribution in [0.25, 0.3) is 0 Å². The van der Waals surface area contributed by atoms with E-state index >= 15 is 0 Å². The molecule has 0 atom stereocenters. The fourth-order valence-electron chi connectivity index (χ4n) is 2.16. The Morgan fingerprint density at radius 2 is 2.00 bits per heavy atom. The van der Waals surface area contributed by atoms with Gasteiger partial charge in [0, 0.05) is 18.8 Å². The topological polar surface area (TPSA) is 40.5 Å². The molecule has 0 unspecified atom stereocenters. The number of thioether (sulfide) groups is 1. The van der Waals surface area contributed by atoms with Gasteiger partial charge in [0.05, 0.1) is 12.4 Å². The number of rotatable bonds is 5. The zero-order chi connectivity index (χ0) is 12.0. The maximum Gasteiger partial charge on any atom is 0.232 e. The highest BCUT2D eigenvalue weighted by Crippen LogP contribution is 2.26. The largest absolute Gasteiger partial charge is 0.396 e. The molecule has 0 spiro atoms. The van der Waals surface area contributed by atoms with Crippen molar-refractivity contribution < 1.29 is 9.90 Å². The Kier molecular flexibility index (Phi) is 6.21. The minimum Gasteiger partial charge on any atom is -0.396 e. The first-order valence-corrected chi connectivity index (χ1v) is 7.25.